The first kappa shape index (κ1) is 8.70. The van der Waals surface area contributed by atoms with Gasteiger partial charge in [0.05, 0.1) is 13.2 Å². The van der Waals surface area contributed by atoms with Crippen molar-refractivity contribution in [3.8, 4) is 11.5 Å². The number of hydrogen-bond donors (Lipinski definition) is 0. The first-order valence-corrected chi connectivity index (χ1v) is 4.68. The normalized spacial score (nSPS) is 20.9. The minimum Gasteiger partial charge on any atom is -0.489 e. The third-order valence-corrected chi connectivity index (χ3v) is 2.19. The Bertz CT molecular complexity index is 312. The fourth-order valence-electron chi connectivity index (χ4n) is 1.23. The van der Waals surface area contributed by atoms with E-state index in [0.29, 0.717) is 24.2 Å². The molecule has 2 nitrogen and oxygen atoms in total. The summed E-state index contributed by atoms with van der Waals surface area (Å²) in [6.07, 6.45) is 0. The molecule has 0 fully saturated rings. The zero-order valence-corrected chi connectivity index (χ0v) is 8.17. The molecule has 13 heavy (non-hydrogen) atoms. The summed E-state index contributed by atoms with van der Waals surface area (Å²) in [5.41, 5.74) is 0. The van der Waals surface area contributed by atoms with Crippen molar-refractivity contribution in [2.45, 2.75) is 6.92 Å². The van der Waals surface area contributed by atoms with Crippen LogP contribution in [-0.4, -0.2) is 13.2 Å². The molecule has 0 bridgehead atoms. The fraction of sp³-hybridized carbons (Fsp3) is 0.400. The van der Waals surface area contributed by atoms with Crippen LogP contribution in [0.2, 0.25) is 5.02 Å². The second-order valence-corrected chi connectivity index (χ2v) is 3.75. The Morgan fingerprint density at radius 2 is 1.92 bits per heavy atom. The van der Waals surface area contributed by atoms with Crippen molar-refractivity contribution >= 4 is 11.6 Å². The molecule has 1 aromatic carbocycles. The lowest BCUT2D eigenvalue weighted by molar-refractivity contribution is 0.228. The molecule has 0 N–H and O–H groups in total. The summed E-state index contributed by atoms with van der Waals surface area (Å²) in [7, 11) is 0. The average Bonchev–Trinajstić information content (AvgIpc) is 2.29. The van der Waals surface area contributed by atoms with Gasteiger partial charge in [0.2, 0.25) is 0 Å². The minimum absolute atomic E-state index is 0.422. The maximum Gasteiger partial charge on any atom is 0.162 e. The molecule has 1 heterocycles. The maximum absolute atomic E-state index is 5.83. The van der Waals surface area contributed by atoms with Crippen molar-refractivity contribution in [2.24, 2.45) is 5.92 Å². The topological polar surface area (TPSA) is 18.5 Å². The zero-order valence-electron chi connectivity index (χ0n) is 7.42. The Hall–Kier alpha value is -0.890. The second-order valence-electron chi connectivity index (χ2n) is 3.32. The van der Waals surface area contributed by atoms with Crippen molar-refractivity contribution in [3.05, 3.63) is 23.2 Å². The summed E-state index contributed by atoms with van der Waals surface area (Å²) in [4.78, 5) is 0. The van der Waals surface area contributed by atoms with Crippen LogP contribution in [-0.2, 0) is 0 Å². The maximum atomic E-state index is 5.83. The molecule has 0 aromatic heterocycles. The van der Waals surface area contributed by atoms with Crippen LogP contribution in [0.3, 0.4) is 0 Å². The van der Waals surface area contributed by atoms with Crippen LogP contribution in [0.5, 0.6) is 11.5 Å². The number of benzene rings is 1. The molecule has 1 aliphatic heterocycles. The van der Waals surface area contributed by atoms with E-state index in [0.717, 1.165) is 11.5 Å². The molecule has 2 rings (SSSR count). The summed E-state index contributed by atoms with van der Waals surface area (Å²) >= 11 is 5.83. The van der Waals surface area contributed by atoms with E-state index in [1.807, 2.05) is 6.07 Å². The number of rotatable bonds is 0. The van der Waals surface area contributed by atoms with Gasteiger partial charge in [-0.05, 0) is 12.1 Å². The Labute approximate surface area is 82.4 Å². The van der Waals surface area contributed by atoms with E-state index in [1.54, 1.807) is 12.1 Å². The highest BCUT2D eigenvalue weighted by Crippen LogP contribution is 2.32. The third kappa shape index (κ3) is 1.89. The van der Waals surface area contributed by atoms with E-state index >= 15 is 0 Å². The minimum atomic E-state index is 0.422. The SMILES string of the molecule is CC1COc2ccc(Cl)cc2OC1. The monoisotopic (exact) mass is 198 g/mol. The molecule has 1 atom stereocenters. The first-order valence-electron chi connectivity index (χ1n) is 4.31. The van der Waals surface area contributed by atoms with Crippen LogP contribution in [0.15, 0.2) is 18.2 Å². The largest absolute Gasteiger partial charge is 0.489 e. The summed E-state index contributed by atoms with van der Waals surface area (Å²) in [6, 6.07) is 5.43. The van der Waals surface area contributed by atoms with E-state index in [2.05, 4.69) is 6.92 Å². The lowest BCUT2D eigenvalue weighted by atomic mass is 10.2. The number of ether oxygens (including phenoxy) is 2. The molecular formula is C10H11ClO2. The fourth-order valence-corrected chi connectivity index (χ4v) is 1.39. The quantitative estimate of drug-likeness (QED) is 0.638. The lowest BCUT2D eigenvalue weighted by Crippen LogP contribution is -2.12. The Morgan fingerprint density at radius 1 is 1.23 bits per heavy atom. The van der Waals surface area contributed by atoms with Gasteiger partial charge in [-0.1, -0.05) is 18.5 Å². The first-order chi connectivity index (χ1) is 6.25. The predicted molar refractivity (Wildman–Crippen MR) is 51.6 cm³/mol. The van der Waals surface area contributed by atoms with E-state index in [4.69, 9.17) is 21.1 Å². The van der Waals surface area contributed by atoms with E-state index < -0.39 is 0 Å². The van der Waals surface area contributed by atoms with Crippen LogP contribution in [0, 0.1) is 5.92 Å². The van der Waals surface area contributed by atoms with Gasteiger partial charge in [0.15, 0.2) is 11.5 Å². The Morgan fingerprint density at radius 3 is 2.69 bits per heavy atom. The van der Waals surface area contributed by atoms with E-state index in [1.165, 1.54) is 0 Å². The van der Waals surface area contributed by atoms with E-state index in [-0.39, 0.29) is 0 Å². The third-order valence-electron chi connectivity index (χ3n) is 1.95. The van der Waals surface area contributed by atoms with Crippen LogP contribution in [0.1, 0.15) is 6.92 Å². The Balaban J connectivity index is 2.30. The van der Waals surface area contributed by atoms with Gasteiger partial charge in [-0.2, -0.15) is 0 Å². The summed E-state index contributed by atoms with van der Waals surface area (Å²) in [5.74, 6) is 1.96. The average molecular weight is 199 g/mol. The summed E-state index contributed by atoms with van der Waals surface area (Å²) < 4.78 is 11.1. The Kier molecular flexibility index (Phi) is 2.32. The van der Waals surface area contributed by atoms with Gasteiger partial charge in [0, 0.05) is 17.0 Å². The van der Waals surface area contributed by atoms with Gasteiger partial charge in [-0.15, -0.1) is 0 Å². The standard InChI is InChI=1S/C10H11ClO2/c1-7-5-12-9-3-2-8(11)4-10(9)13-6-7/h2-4,7H,5-6H2,1H3. The number of hydrogen-bond acceptors (Lipinski definition) is 2. The van der Waals surface area contributed by atoms with Crippen molar-refractivity contribution in [3.63, 3.8) is 0 Å². The van der Waals surface area contributed by atoms with Gasteiger partial charge >= 0.3 is 0 Å². The van der Waals surface area contributed by atoms with Crippen LogP contribution < -0.4 is 9.47 Å². The molecule has 3 heteroatoms. The van der Waals surface area contributed by atoms with Gasteiger partial charge in [-0.25, -0.2) is 0 Å². The molecule has 1 aromatic rings. The van der Waals surface area contributed by atoms with Crippen LogP contribution in [0.25, 0.3) is 0 Å². The van der Waals surface area contributed by atoms with Gasteiger partial charge < -0.3 is 9.47 Å². The van der Waals surface area contributed by atoms with Gasteiger partial charge in [-0.3, -0.25) is 0 Å². The molecule has 0 saturated heterocycles. The predicted octanol–water partition coefficient (Wildman–Crippen LogP) is 2.75. The molecule has 70 valence electrons. The summed E-state index contributed by atoms with van der Waals surface area (Å²) in [6.45, 7) is 3.48. The molecular weight excluding hydrogens is 188 g/mol. The van der Waals surface area contributed by atoms with Crippen LogP contribution >= 0.6 is 11.6 Å². The highest BCUT2D eigenvalue weighted by atomic mass is 35.5. The number of fused-ring (bicyclic) bond motifs is 1. The molecule has 0 aliphatic carbocycles. The zero-order chi connectivity index (χ0) is 9.26. The van der Waals surface area contributed by atoms with Crippen molar-refractivity contribution in [1.82, 2.24) is 0 Å². The summed E-state index contributed by atoms with van der Waals surface area (Å²) in [5, 5.41) is 0.678. The van der Waals surface area contributed by atoms with Gasteiger partial charge in [0.25, 0.3) is 0 Å². The van der Waals surface area contributed by atoms with Crippen LogP contribution in [0.4, 0.5) is 0 Å². The van der Waals surface area contributed by atoms with Gasteiger partial charge in [0.1, 0.15) is 0 Å². The molecule has 1 unspecified atom stereocenters. The van der Waals surface area contributed by atoms with Crippen molar-refractivity contribution in [2.75, 3.05) is 13.2 Å². The second kappa shape index (κ2) is 3.46. The lowest BCUT2D eigenvalue weighted by Gasteiger charge is -2.05. The molecule has 1 aliphatic rings. The van der Waals surface area contributed by atoms with Crippen molar-refractivity contribution in [1.29, 1.82) is 0 Å². The number of halogens is 1. The molecule has 0 amide bonds. The highest BCUT2D eigenvalue weighted by molar-refractivity contribution is 6.30. The smallest absolute Gasteiger partial charge is 0.162 e. The molecule has 0 radical (unpaired) electrons. The molecule has 0 saturated carbocycles. The molecule has 0 spiro atoms. The van der Waals surface area contributed by atoms with E-state index in [9.17, 15) is 0 Å². The highest BCUT2D eigenvalue weighted by Gasteiger charge is 2.14. The van der Waals surface area contributed by atoms with Crippen molar-refractivity contribution < 1.29 is 9.47 Å².